The summed E-state index contributed by atoms with van der Waals surface area (Å²) >= 11 is 1.52. The fraction of sp³-hybridized carbons (Fsp3) is 0.192. The van der Waals surface area contributed by atoms with Crippen LogP contribution in [0.15, 0.2) is 72.8 Å². The molecule has 5 nitrogen and oxygen atoms in total. The molecule has 1 saturated heterocycles. The van der Waals surface area contributed by atoms with Crippen molar-refractivity contribution in [3.8, 4) is 6.07 Å². The molecule has 3 aromatic rings. The highest BCUT2D eigenvalue weighted by Gasteiger charge is 2.59. The molecular formula is C26H21N3O2S. The fourth-order valence-corrected chi connectivity index (χ4v) is 6.07. The second-order valence-corrected chi connectivity index (χ2v) is 9.27. The maximum absolute atomic E-state index is 14.0. The van der Waals surface area contributed by atoms with Crippen molar-refractivity contribution >= 4 is 29.3 Å². The first-order valence-corrected chi connectivity index (χ1v) is 11.5. The van der Waals surface area contributed by atoms with Gasteiger partial charge in [0.05, 0.1) is 23.9 Å². The Labute approximate surface area is 191 Å². The van der Waals surface area contributed by atoms with Crippen molar-refractivity contribution in [2.24, 2.45) is 0 Å². The number of rotatable bonds is 3. The predicted octanol–water partition coefficient (Wildman–Crippen LogP) is 4.46. The predicted molar refractivity (Wildman–Crippen MR) is 125 cm³/mol. The molecular weight excluding hydrogens is 418 g/mol. The van der Waals surface area contributed by atoms with E-state index in [4.69, 9.17) is 0 Å². The molecule has 0 bridgehead atoms. The average Bonchev–Trinajstić information content (AvgIpc) is 3.36. The van der Waals surface area contributed by atoms with E-state index < -0.39 is 4.87 Å². The lowest BCUT2D eigenvalue weighted by atomic mass is 10.0. The van der Waals surface area contributed by atoms with Crippen LogP contribution in [0.5, 0.6) is 0 Å². The Morgan fingerprint density at radius 3 is 2.69 bits per heavy atom. The summed E-state index contributed by atoms with van der Waals surface area (Å²) in [6.45, 7) is 2.78. The smallest absolute Gasteiger partial charge is 0.268 e. The molecule has 6 heteroatoms. The minimum Gasteiger partial charge on any atom is -0.311 e. The summed E-state index contributed by atoms with van der Waals surface area (Å²) in [5.74, 6) is 0.463. The third-order valence-corrected chi connectivity index (χ3v) is 7.54. The zero-order valence-corrected chi connectivity index (χ0v) is 18.4. The highest BCUT2D eigenvalue weighted by atomic mass is 32.2. The Bertz CT molecular complexity index is 1280. The van der Waals surface area contributed by atoms with Crippen molar-refractivity contribution in [2.75, 3.05) is 17.2 Å². The summed E-state index contributed by atoms with van der Waals surface area (Å²) < 4.78 is 0. The number of para-hydroxylation sites is 1. The lowest BCUT2D eigenvalue weighted by Gasteiger charge is -2.33. The lowest BCUT2D eigenvalue weighted by Crippen LogP contribution is -2.50. The topological polar surface area (TPSA) is 64.4 Å². The molecule has 2 aliphatic rings. The van der Waals surface area contributed by atoms with Gasteiger partial charge < -0.3 is 9.80 Å². The van der Waals surface area contributed by atoms with Crippen LogP contribution >= 0.6 is 11.8 Å². The van der Waals surface area contributed by atoms with E-state index in [0.717, 1.165) is 22.4 Å². The van der Waals surface area contributed by atoms with Crippen molar-refractivity contribution in [1.82, 2.24) is 4.90 Å². The van der Waals surface area contributed by atoms with Gasteiger partial charge in [-0.1, -0.05) is 48.5 Å². The molecule has 158 valence electrons. The minimum absolute atomic E-state index is 0.106. The summed E-state index contributed by atoms with van der Waals surface area (Å²) in [5, 5.41) is 9.25. The largest absolute Gasteiger partial charge is 0.311 e. The first-order chi connectivity index (χ1) is 15.6. The number of carbonyl (C=O) groups excluding carboxylic acids is 2. The molecule has 0 aromatic heterocycles. The lowest BCUT2D eigenvalue weighted by molar-refractivity contribution is -0.123. The molecule has 0 aliphatic carbocycles. The van der Waals surface area contributed by atoms with Crippen LogP contribution in [0.25, 0.3) is 0 Å². The Hall–Kier alpha value is -3.56. The van der Waals surface area contributed by atoms with Gasteiger partial charge in [0.25, 0.3) is 11.8 Å². The molecule has 0 saturated carbocycles. The number of thioether (sulfide) groups is 1. The van der Waals surface area contributed by atoms with Crippen molar-refractivity contribution in [3.05, 3.63) is 101 Å². The number of aryl methyl sites for hydroxylation is 1. The van der Waals surface area contributed by atoms with E-state index in [0.29, 0.717) is 30.0 Å². The van der Waals surface area contributed by atoms with E-state index in [1.54, 1.807) is 21.9 Å². The standard InChI is InChI=1S/C26H21N3O2S/c1-18-7-2-3-10-21(18)24(30)29-13-14-32-26(29)22-11-4-5-12-23(22)28(25(26)31)17-20-9-6-8-19(15-20)16-27/h2-12,15H,13-14,17H2,1H3/t26-/m0/s1. The highest BCUT2D eigenvalue weighted by molar-refractivity contribution is 8.01. The monoisotopic (exact) mass is 439 g/mol. The second kappa shape index (κ2) is 7.85. The van der Waals surface area contributed by atoms with Gasteiger partial charge in [-0.3, -0.25) is 9.59 Å². The van der Waals surface area contributed by atoms with E-state index >= 15 is 0 Å². The Balaban J connectivity index is 1.58. The maximum atomic E-state index is 14.0. The molecule has 0 N–H and O–H groups in total. The normalized spacial score (nSPS) is 19.3. The molecule has 32 heavy (non-hydrogen) atoms. The number of amides is 2. The van der Waals surface area contributed by atoms with E-state index in [2.05, 4.69) is 6.07 Å². The van der Waals surface area contributed by atoms with E-state index in [1.165, 1.54) is 11.8 Å². The van der Waals surface area contributed by atoms with Gasteiger partial charge in [0.15, 0.2) is 4.87 Å². The molecule has 2 aliphatic heterocycles. The minimum atomic E-state index is -1.07. The Kier molecular flexibility index (Phi) is 4.99. The molecule has 1 fully saturated rings. The molecule has 2 heterocycles. The summed E-state index contributed by atoms with van der Waals surface area (Å²) in [7, 11) is 0. The molecule has 5 rings (SSSR count). The van der Waals surface area contributed by atoms with E-state index in [9.17, 15) is 14.9 Å². The molecule has 1 spiro atoms. The molecule has 0 unspecified atom stereocenters. The van der Waals surface area contributed by atoms with Gasteiger partial charge >= 0.3 is 0 Å². The van der Waals surface area contributed by atoms with Crippen LogP contribution < -0.4 is 4.90 Å². The van der Waals surface area contributed by atoms with Crippen molar-refractivity contribution in [1.29, 1.82) is 5.26 Å². The molecule has 0 radical (unpaired) electrons. The number of carbonyl (C=O) groups is 2. The van der Waals surface area contributed by atoms with Crippen LogP contribution in [0.4, 0.5) is 5.69 Å². The number of hydrogen-bond donors (Lipinski definition) is 0. The molecule has 2 amide bonds. The first-order valence-electron chi connectivity index (χ1n) is 10.5. The third-order valence-electron chi connectivity index (χ3n) is 6.12. The number of nitrogens with zero attached hydrogens (tertiary/aromatic N) is 3. The SMILES string of the molecule is Cc1ccccc1C(=O)N1CCS[C@@]12C(=O)N(Cc1cccc(C#N)c1)c1ccccc12. The van der Waals surface area contributed by atoms with E-state index in [1.807, 2.05) is 67.6 Å². The van der Waals surface area contributed by atoms with Gasteiger partial charge in [0.1, 0.15) is 0 Å². The van der Waals surface area contributed by atoms with Crippen LogP contribution in [-0.2, 0) is 16.2 Å². The fourth-order valence-electron chi connectivity index (χ4n) is 4.61. The number of hydrogen-bond acceptors (Lipinski definition) is 4. The number of benzene rings is 3. The van der Waals surface area contributed by atoms with Gasteiger partial charge in [0, 0.05) is 23.4 Å². The van der Waals surface area contributed by atoms with Crippen molar-refractivity contribution < 1.29 is 9.59 Å². The highest BCUT2D eigenvalue weighted by Crippen LogP contribution is 2.54. The molecule has 3 aromatic carbocycles. The van der Waals surface area contributed by atoms with Crippen molar-refractivity contribution in [3.63, 3.8) is 0 Å². The summed E-state index contributed by atoms with van der Waals surface area (Å²) in [4.78, 5) is 30.1. The number of anilines is 1. The quantitative estimate of drug-likeness (QED) is 0.605. The van der Waals surface area contributed by atoms with Crippen molar-refractivity contribution in [2.45, 2.75) is 18.3 Å². The zero-order chi connectivity index (χ0) is 22.3. The summed E-state index contributed by atoms with van der Waals surface area (Å²) in [6, 6.07) is 24.7. The van der Waals surface area contributed by atoms with Crippen LogP contribution in [0, 0.1) is 18.3 Å². The Morgan fingerprint density at radius 1 is 1.09 bits per heavy atom. The molecule has 1 atom stereocenters. The first kappa shape index (κ1) is 20.3. The van der Waals surface area contributed by atoms with Gasteiger partial charge in [-0.25, -0.2) is 0 Å². The van der Waals surface area contributed by atoms with Crippen LogP contribution in [-0.4, -0.2) is 29.0 Å². The van der Waals surface area contributed by atoms with Crippen LogP contribution in [0.3, 0.4) is 0 Å². The summed E-state index contributed by atoms with van der Waals surface area (Å²) in [6.07, 6.45) is 0. The Morgan fingerprint density at radius 2 is 1.88 bits per heavy atom. The van der Waals surface area contributed by atoms with E-state index in [-0.39, 0.29) is 11.8 Å². The van der Waals surface area contributed by atoms with Crippen LogP contribution in [0.1, 0.15) is 32.6 Å². The van der Waals surface area contributed by atoms with Gasteiger partial charge in [-0.2, -0.15) is 5.26 Å². The average molecular weight is 440 g/mol. The summed E-state index contributed by atoms with van der Waals surface area (Å²) in [5.41, 5.74) is 4.63. The number of fused-ring (bicyclic) bond motifs is 2. The zero-order valence-electron chi connectivity index (χ0n) is 17.6. The number of nitriles is 1. The second-order valence-electron chi connectivity index (χ2n) is 7.98. The third kappa shape index (κ3) is 3.01. The van der Waals surface area contributed by atoms with Gasteiger partial charge in [-0.15, -0.1) is 11.8 Å². The van der Waals surface area contributed by atoms with Gasteiger partial charge in [-0.05, 0) is 42.3 Å². The maximum Gasteiger partial charge on any atom is 0.268 e. The van der Waals surface area contributed by atoms with Gasteiger partial charge in [0.2, 0.25) is 0 Å². The van der Waals surface area contributed by atoms with Crippen LogP contribution in [0.2, 0.25) is 0 Å².